The van der Waals surface area contributed by atoms with E-state index >= 15 is 0 Å². The molecule has 0 amide bonds. The van der Waals surface area contributed by atoms with Crippen LogP contribution in [0.4, 0.5) is 5.69 Å². The van der Waals surface area contributed by atoms with Crippen molar-refractivity contribution in [1.82, 2.24) is 4.90 Å². The lowest BCUT2D eigenvalue weighted by Gasteiger charge is -2.38. The molecule has 0 radical (unpaired) electrons. The zero-order valence-electron chi connectivity index (χ0n) is 13.5. The minimum Gasteiger partial charge on any atom is -0.481 e. The molecule has 0 saturated carbocycles. The number of hydrogen-bond acceptors (Lipinski definition) is 4. The van der Waals surface area contributed by atoms with Crippen LogP contribution in [0.5, 0.6) is 0 Å². The number of benzene rings is 1. The topological polar surface area (TPSA) is 69.8 Å². The number of nitrogens with two attached hydrogens (primary N) is 1. The Morgan fingerprint density at radius 1 is 1.18 bits per heavy atom. The highest BCUT2D eigenvalue weighted by molar-refractivity contribution is 5.66. The third-order valence-corrected chi connectivity index (χ3v) is 4.40. The van der Waals surface area contributed by atoms with Gasteiger partial charge in [0.2, 0.25) is 0 Å². The van der Waals surface area contributed by atoms with Gasteiger partial charge in [0.15, 0.2) is 0 Å². The van der Waals surface area contributed by atoms with Crippen molar-refractivity contribution >= 4 is 11.7 Å². The molecule has 1 aliphatic rings. The van der Waals surface area contributed by atoms with Gasteiger partial charge >= 0.3 is 5.97 Å². The van der Waals surface area contributed by atoms with Crippen molar-refractivity contribution in [2.75, 3.05) is 31.1 Å². The lowest BCUT2D eigenvalue weighted by molar-refractivity contribution is -0.137. The number of rotatable bonds is 6. The van der Waals surface area contributed by atoms with E-state index in [-0.39, 0.29) is 12.5 Å². The van der Waals surface area contributed by atoms with Crippen molar-refractivity contribution in [2.45, 2.75) is 38.8 Å². The normalized spacial score (nSPS) is 17.7. The van der Waals surface area contributed by atoms with Gasteiger partial charge in [0.1, 0.15) is 0 Å². The van der Waals surface area contributed by atoms with Crippen molar-refractivity contribution < 1.29 is 9.90 Å². The molecule has 122 valence electrons. The highest BCUT2D eigenvalue weighted by Gasteiger charge is 2.19. The van der Waals surface area contributed by atoms with Crippen LogP contribution in [0.3, 0.4) is 0 Å². The zero-order chi connectivity index (χ0) is 16.1. The van der Waals surface area contributed by atoms with Crippen LogP contribution in [-0.4, -0.2) is 48.2 Å². The molecule has 5 heteroatoms. The average molecular weight is 305 g/mol. The Morgan fingerprint density at radius 2 is 1.77 bits per heavy atom. The van der Waals surface area contributed by atoms with E-state index in [0.29, 0.717) is 12.5 Å². The summed E-state index contributed by atoms with van der Waals surface area (Å²) < 4.78 is 0. The van der Waals surface area contributed by atoms with Crippen LogP contribution in [-0.2, 0) is 4.79 Å². The summed E-state index contributed by atoms with van der Waals surface area (Å²) in [6.45, 7) is 8.76. The number of hydrogen-bond donors (Lipinski definition) is 2. The standard InChI is InChI=1S/C17H27N3O2/c1-13(2)19-9-11-20(12-10-19)15-5-3-14(4-6-15)16(18)7-8-17(21)22/h3-6,13,16H,7-12,18H2,1-2H3,(H,21,22). The molecule has 1 aliphatic heterocycles. The van der Waals surface area contributed by atoms with E-state index < -0.39 is 5.97 Å². The lowest BCUT2D eigenvalue weighted by Crippen LogP contribution is -2.48. The van der Waals surface area contributed by atoms with Gasteiger partial charge in [0, 0.05) is 50.4 Å². The molecule has 1 atom stereocenters. The molecule has 1 fully saturated rings. The number of piperazine rings is 1. The summed E-state index contributed by atoms with van der Waals surface area (Å²) in [6, 6.07) is 8.65. The van der Waals surface area contributed by atoms with Crippen molar-refractivity contribution in [3.63, 3.8) is 0 Å². The maximum Gasteiger partial charge on any atom is 0.303 e. The molecule has 2 rings (SSSR count). The second-order valence-electron chi connectivity index (χ2n) is 6.25. The number of carbonyl (C=O) groups is 1. The van der Waals surface area contributed by atoms with Gasteiger partial charge in [0.05, 0.1) is 0 Å². The Hall–Kier alpha value is -1.59. The third kappa shape index (κ3) is 4.45. The van der Waals surface area contributed by atoms with Gasteiger partial charge < -0.3 is 15.7 Å². The van der Waals surface area contributed by atoms with Crippen molar-refractivity contribution in [3.05, 3.63) is 29.8 Å². The van der Waals surface area contributed by atoms with Crippen LogP contribution in [0.25, 0.3) is 0 Å². The first-order valence-corrected chi connectivity index (χ1v) is 8.03. The predicted octanol–water partition coefficient (Wildman–Crippen LogP) is 2.08. The number of carboxylic acid groups (broad SMARTS) is 1. The van der Waals surface area contributed by atoms with Gasteiger partial charge in [-0.3, -0.25) is 9.69 Å². The largest absolute Gasteiger partial charge is 0.481 e. The summed E-state index contributed by atoms with van der Waals surface area (Å²) in [4.78, 5) is 15.5. The molecule has 5 nitrogen and oxygen atoms in total. The lowest BCUT2D eigenvalue weighted by atomic mass is 10.0. The van der Waals surface area contributed by atoms with Gasteiger partial charge in [0.25, 0.3) is 0 Å². The molecule has 0 aliphatic carbocycles. The summed E-state index contributed by atoms with van der Waals surface area (Å²) in [5, 5.41) is 8.72. The number of aliphatic carboxylic acids is 1. The van der Waals surface area contributed by atoms with Crippen LogP contribution >= 0.6 is 0 Å². The SMILES string of the molecule is CC(C)N1CCN(c2ccc(C(N)CCC(=O)O)cc2)CC1. The fourth-order valence-electron chi connectivity index (χ4n) is 2.87. The first-order chi connectivity index (χ1) is 10.5. The van der Waals surface area contributed by atoms with Crippen LogP contribution in [0.1, 0.15) is 38.3 Å². The van der Waals surface area contributed by atoms with Gasteiger partial charge in [-0.2, -0.15) is 0 Å². The predicted molar refractivity (Wildman–Crippen MR) is 89.2 cm³/mol. The van der Waals surface area contributed by atoms with E-state index in [1.54, 1.807) is 0 Å². The van der Waals surface area contributed by atoms with Crippen LogP contribution in [0, 0.1) is 0 Å². The maximum absolute atomic E-state index is 10.6. The first-order valence-electron chi connectivity index (χ1n) is 8.03. The van der Waals surface area contributed by atoms with Crippen molar-refractivity contribution in [3.8, 4) is 0 Å². The maximum atomic E-state index is 10.6. The Kier molecular flexibility index (Phi) is 5.80. The number of carboxylic acids is 1. The highest BCUT2D eigenvalue weighted by Crippen LogP contribution is 2.22. The molecule has 1 unspecified atom stereocenters. The number of nitrogens with zero attached hydrogens (tertiary/aromatic N) is 2. The molecule has 22 heavy (non-hydrogen) atoms. The van der Waals surface area contributed by atoms with E-state index in [0.717, 1.165) is 31.7 Å². The fourth-order valence-corrected chi connectivity index (χ4v) is 2.87. The molecular weight excluding hydrogens is 278 g/mol. The molecule has 1 aromatic carbocycles. The first kappa shape index (κ1) is 16.8. The van der Waals surface area contributed by atoms with Gasteiger partial charge in [-0.1, -0.05) is 12.1 Å². The van der Waals surface area contributed by atoms with E-state index in [1.165, 1.54) is 5.69 Å². The summed E-state index contributed by atoms with van der Waals surface area (Å²) in [5.74, 6) is -0.796. The molecule has 1 saturated heterocycles. The molecule has 0 aromatic heterocycles. The third-order valence-electron chi connectivity index (χ3n) is 4.40. The van der Waals surface area contributed by atoms with Crippen molar-refractivity contribution in [1.29, 1.82) is 0 Å². The summed E-state index contributed by atoms with van der Waals surface area (Å²) in [6.07, 6.45) is 0.585. The van der Waals surface area contributed by atoms with Crippen LogP contribution in [0.2, 0.25) is 0 Å². The Balaban J connectivity index is 1.91. The van der Waals surface area contributed by atoms with E-state index in [9.17, 15) is 4.79 Å². The van der Waals surface area contributed by atoms with E-state index in [4.69, 9.17) is 10.8 Å². The Labute approximate surface area is 132 Å². The van der Waals surface area contributed by atoms with E-state index in [1.807, 2.05) is 12.1 Å². The molecule has 1 heterocycles. The van der Waals surface area contributed by atoms with Crippen molar-refractivity contribution in [2.24, 2.45) is 5.73 Å². The minimum absolute atomic E-state index is 0.111. The number of anilines is 1. The Morgan fingerprint density at radius 3 is 2.27 bits per heavy atom. The second-order valence-corrected chi connectivity index (χ2v) is 6.25. The van der Waals surface area contributed by atoms with Gasteiger partial charge in [-0.05, 0) is 38.0 Å². The molecule has 0 spiro atoms. The summed E-state index contributed by atoms with van der Waals surface area (Å²) in [7, 11) is 0. The summed E-state index contributed by atoms with van der Waals surface area (Å²) >= 11 is 0. The van der Waals surface area contributed by atoms with E-state index in [2.05, 4.69) is 35.8 Å². The van der Waals surface area contributed by atoms with Crippen LogP contribution in [0.15, 0.2) is 24.3 Å². The smallest absolute Gasteiger partial charge is 0.303 e. The zero-order valence-corrected chi connectivity index (χ0v) is 13.5. The second kappa shape index (κ2) is 7.61. The average Bonchev–Trinajstić information content (AvgIpc) is 2.53. The molecule has 1 aromatic rings. The molecule has 0 bridgehead atoms. The molecule has 3 N–H and O–H groups in total. The molecular formula is C17H27N3O2. The fraction of sp³-hybridized carbons (Fsp3) is 0.588. The van der Waals surface area contributed by atoms with Gasteiger partial charge in [-0.25, -0.2) is 0 Å². The van der Waals surface area contributed by atoms with Crippen LogP contribution < -0.4 is 10.6 Å². The minimum atomic E-state index is -0.796. The monoisotopic (exact) mass is 305 g/mol. The quantitative estimate of drug-likeness (QED) is 0.842. The highest BCUT2D eigenvalue weighted by atomic mass is 16.4. The summed E-state index contributed by atoms with van der Waals surface area (Å²) in [5.41, 5.74) is 8.27. The van der Waals surface area contributed by atoms with Gasteiger partial charge in [-0.15, -0.1) is 0 Å². The Bertz CT molecular complexity index is 479.